The van der Waals surface area contributed by atoms with E-state index in [1.807, 2.05) is 32.0 Å². The van der Waals surface area contributed by atoms with Crippen LogP contribution in [-0.2, 0) is 20.7 Å². The summed E-state index contributed by atoms with van der Waals surface area (Å²) in [6.07, 6.45) is 11.7. The zero-order valence-corrected chi connectivity index (χ0v) is 16.7. The Morgan fingerprint density at radius 1 is 1.21 bits per heavy atom. The molecule has 4 aliphatic rings. The monoisotopic (exact) mass is 379 g/mol. The van der Waals surface area contributed by atoms with Gasteiger partial charge in [0.05, 0.1) is 24.9 Å². The predicted molar refractivity (Wildman–Crippen MR) is 107 cm³/mol. The van der Waals surface area contributed by atoms with Gasteiger partial charge in [0.2, 0.25) is 5.91 Å². The molecule has 2 unspecified atom stereocenters. The first kappa shape index (κ1) is 18.1. The molecule has 2 aliphatic carbocycles. The Labute approximate surface area is 167 Å². The molecular formula is C24H29NO3. The highest BCUT2D eigenvalue weighted by molar-refractivity contribution is 5.81. The van der Waals surface area contributed by atoms with E-state index in [-0.39, 0.29) is 30.1 Å². The molecule has 2 heterocycles. The van der Waals surface area contributed by atoms with Gasteiger partial charge in [0.1, 0.15) is 5.72 Å². The Morgan fingerprint density at radius 2 is 1.96 bits per heavy atom. The average Bonchev–Trinajstić information content (AvgIpc) is 3.37. The molecule has 3 fully saturated rings. The van der Waals surface area contributed by atoms with E-state index >= 15 is 0 Å². The standard InChI is InChI=1S/C24H29NO3/c1-24(2)25(22-20-11-7-6-10-17(20)14-21(22)28-24)23(26)18(13-19-15-27-19)12-16-8-4-3-5-9-16/h3-11,17-22H,12-15H2,1-2H3/t17?,18-,19+,20?,21-,22+/m1/s1. The number of fused-ring (bicyclic) bond motifs is 3. The number of hydrogen-bond donors (Lipinski definition) is 0. The maximum atomic E-state index is 13.9. The Balaban J connectivity index is 1.43. The van der Waals surface area contributed by atoms with Crippen LogP contribution in [0.2, 0.25) is 0 Å². The van der Waals surface area contributed by atoms with E-state index in [0.717, 1.165) is 25.9 Å². The maximum absolute atomic E-state index is 13.9. The molecule has 4 nitrogen and oxygen atoms in total. The van der Waals surface area contributed by atoms with Crippen LogP contribution in [0.3, 0.4) is 0 Å². The van der Waals surface area contributed by atoms with Crippen LogP contribution in [0.4, 0.5) is 0 Å². The van der Waals surface area contributed by atoms with Crippen LogP contribution in [0, 0.1) is 17.8 Å². The van der Waals surface area contributed by atoms with Gasteiger partial charge in [-0.25, -0.2) is 0 Å². The van der Waals surface area contributed by atoms with Crippen molar-refractivity contribution >= 4 is 5.91 Å². The van der Waals surface area contributed by atoms with Crippen LogP contribution in [-0.4, -0.2) is 41.4 Å². The normalized spacial score (nSPS) is 35.5. The van der Waals surface area contributed by atoms with E-state index in [1.165, 1.54) is 5.56 Å². The minimum atomic E-state index is -0.564. The minimum Gasteiger partial charge on any atom is -0.373 e. The third kappa shape index (κ3) is 3.23. The van der Waals surface area contributed by atoms with Crippen molar-refractivity contribution in [3.05, 3.63) is 60.2 Å². The van der Waals surface area contributed by atoms with Crippen LogP contribution >= 0.6 is 0 Å². The Kier molecular flexibility index (Phi) is 4.44. The molecule has 4 heteroatoms. The lowest BCUT2D eigenvalue weighted by molar-refractivity contribution is -0.154. The quantitative estimate of drug-likeness (QED) is 0.732. The van der Waals surface area contributed by atoms with Gasteiger partial charge in [0.25, 0.3) is 0 Å². The molecule has 0 aromatic heterocycles. The van der Waals surface area contributed by atoms with Crippen LogP contribution < -0.4 is 0 Å². The van der Waals surface area contributed by atoms with Crippen LogP contribution in [0.25, 0.3) is 0 Å². The summed E-state index contributed by atoms with van der Waals surface area (Å²) in [5.41, 5.74) is 0.645. The van der Waals surface area contributed by atoms with Crippen LogP contribution in [0.5, 0.6) is 0 Å². The summed E-state index contributed by atoms with van der Waals surface area (Å²) in [5, 5.41) is 0. The second-order valence-electron chi connectivity index (χ2n) is 9.13. The fraction of sp³-hybridized carbons (Fsp3) is 0.542. The largest absolute Gasteiger partial charge is 0.373 e. The summed E-state index contributed by atoms with van der Waals surface area (Å²) in [6, 6.07) is 10.5. The summed E-state index contributed by atoms with van der Waals surface area (Å²) in [4.78, 5) is 16.0. The Hall–Kier alpha value is -1.91. The number of carbonyl (C=O) groups excluding carboxylic acids is 1. The van der Waals surface area contributed by atoms with Gasteiger partial charge in [-0.15, -0.1) is 0 Å². The number of hydrogen-bond acceptors (Lipinski definition) is 3. The number of rotatable bonds is 5. The fourth-order valence-corrected chi connectivity index (χ4v) is 5.47. The molecule has 0 N–H and O–H groups in total. The first-order chi connectivity index (χ1) is 13.5. The van der Waals surface area contributed by atoms with E-state index in [1.54, 1.807) is 0 Å². The van der Waals surface area contributed by atoms with Crippen molar-refractivity contribution in [1.82, 2.24) is 4.90 Å². The van der Waals surface area contributed by atoms with Crippen LogP contribution in [0.1, 0.15) is 32.3 Å². The average molecular weight is 380 g/mol. The fourth-order valence-electron chi connectivity index (χ4n) is 5.47. The molecule has 1 saturated carbocycles. The van der Waals surface area contributed by atoms with E-state index in [4.69, 9.17) is 9.47 Å². The number of amides is 1. The van der Waals surface area contributed by atoms with Crippen LogP contribution in [0.15, 0.2) is 54.6 Å². The van der Waals surface area contributed by atoms with Crippen molar-refractivity contribution in [2.45, 2.75) is 57.1 Å². The molecule has 5 rings (SSSR count). The van der Waals surface area contributed by atoms with Crippen molar-refractivity contribution in [3.8, 4) is 0 Å². The molecule has 2 saturated heterocycles. The van der Waals surface area contributed by atoms with Gasteiger partial charge in [-0.1, -0.05) is 54.6 Å². The molecule has 1 aromatic carbocycles. The second kappa shape index (κ2) is 6.85. The first-order valence-corrected chi connectivity index (χ1v) is 10.5. The lowest BCUT2D eigenvalue weighted by Gasteiger charge is -2.39. The highest BCUT2D eigenvalue weighted by atomic mass is 16.6. The van der Waals surface area contributed by atoms with Crippen molar-refractivity contribution in [2.75, 3.05) is 6.61 Å². The molecule has 1 amide bonds. The lowest BCUT2D eigenvalue weighted by Crippen LogP contribution is -2.53. The smallest absolute Gasteiger partial charge is 0.228 e. The van der Waals surface area contributed by atoms with E-state index in [0.29, 0.717) is 11.8 Å². The molecule has 0 bridgehead atoms. The number of carbonyl (C=O) groups is 1. The van der Waals surface area contributed by atoms with Gasteiger partial charge >= 0.3 is 0 Å². The third-order valence-electron chi connectivity index (χ3n) is 6.76. The van der Waals surface area contributed by atoms with Gasteiger partial charge in [0, 0.05) is 11.8 Å². The van der Waals surface area contributed by atoms with Gasteiger partial charge in [-0.2, -0.15) is 0 Å². The number of allylic oxidation sites excluding steroid dienone is 3. The minimum absolute atomic E-state index is 0.0707. The molecular weight excluding hydrogens is 350 g/mol. The zero-order chi connectivity index (χ0) is 19.3. The third-order valence-corrected chi connectivity index (χ3v) is 6.76. The van der Waals surface area contributed by atoms with Gasteiger partial charge in [-0.05, 0) is 44.6 Å². The molecule has 148 valence electrons. The summed E-state index contributed by atoms with van der Waals surface area (Å²) in [7, 11) is 0. The maximum Gasteiger partial charge on any atom is 0.228 e. The molecule has 28 heavy (non-hydrogen) atoms. The lowest BCUT2D eigenvalue weighted by atomic mass is 9.87. The number of epoxide rings is 1. The highest BCUT2D eigenvalue weighted by Crippen LogP contribution is 2.49. The summed E-state index contributed by atoms with van der Waals surface area (Å²) in [5.74, 6) is 0.986. The SMILES string of the molecule is CC1(C)O[C@@H]2CC3C=CC=CC3[C@@H]2N1C(=O)[C@H](Cc1ccccc1)C[C@H]1CO1. The molecule has 0 spiro atoms. The zero-order valence-electron chi connectivity index (χ0n) is 16.7. The molecule has 1 aromatic rings. The first-order valence-electron chi connectivity index (χ1n) is 10.5. The van der Waals surface area contributed by atoms with Crippen molar-refractivity contribution in [1.29, 1.82) is 0 Å². The van der Waals surface area contributed by atoms with Crippen molar-refractivity contribution in [3.63, 3.8) is 0 Å². The molecule has 2 aliphatic heterocycles. The highest BCUT2D eigenvalue weighted by Gasteiger charge is 2.58. The van der Waals surface area contributed by atoms with E-state index in [9.17, 15) is 4.79 Å². The van der Waals surface area contributed by atoms with Gasteiger partial charge in [0.15, 0.2) is 0 Å². The number of nitrogens with zero attached hydrogens (tertiary/aromatic N) is 1. The van der Waals surface area contributed by atoms with E-state index in [2.05, 4.69) is 41.3 Å². The van der Waals surface area contributed by atoms with E-state index < -0.39 is 5.72 Å². The van der Waals surface area contributed by atoms with Crippen molar-refractivity contribution in [2.24, 2.45) is 17.8 Å². The second-order valence-corrected chi connectivity index (χ2v) is 9.13. The van der Waals surface area contributed by atoms with Gasteiger partial charge in [-0.3, -0.25) is 4.79 Å². The summed E-state index contributed by atoms with van der Waals surface area (Å²) >= 11 is 0. The Bertz CT molecular complexity index is 795. The molecule has 6 atom stereocenters. The Morgan fingerprint density at radius 3 is 2.71 bits per heavy atom. The topological polar surface area (TPSA) is 42.1 Å². The number of benzene rings is 1. The molecule has 0 radical (unpaired) electrons. The number of ether oxygens (including phenoxy) is 2. The van der Waals surface area contributed by atoms with Gasteiger partial charge < -0.3 is 14.4 Å². The summed E-state index contributed by atoms with van der Waals surface area (Å²) < 4.78 is 11.9. The van der Waals surface area contributed by atoms with Crippen molar-refractivity contribution < 1.29 is 14.3 Å². The predicted octanol–water partition coefficient (Wildman–Crippen LogP) is 3.73. The summed E-state index contributed by atoms with van der Waals surface area (Å²) in [6.45, 7) is 4.88.